The summed E-state index contributed by atoms with van der Waals surface area (Å²) in [5, 5.41) is 2.40. The van der Waals surface area contributed by atoms with Crippen molar-refractivity contribution in [1.82, 2.24) is 5.32 Å². The number of rotatable bonds is 6. The van der Waals surface area contributed by atoms with E-state index in [2.05, 4.69) is 21.2 Å². The zero-order valence-electron chi connectivity index (χ0n) is 14.3. The number of hydrogen-bond acceptors (Lipinski definition) is 5. The summed E-state index contributed by atoms with van der Waals surface area (Å²) < 4.78 is 6.37. The molecule has 0 radical (unpaired) electrons. The Balaban J connectivity index is 1.76. The molecule has 28 heavy (non-hydrogen) atoms. The molecule has 9 heteroatoms. The lowest BCUT2D eigenvalue weighted by Crippen LogP contribution is -2.35. The number of nitrogens with two attached hydrogens (primary N) is 1. The largest absolute Gasteiger partial charge is 0.479 e. The normalized spacial score (nSPS) is 16.1. The molecule has 1 fully saturated rings. The van der Waals surface area contributed by atoms with Gasteiger partial charge in [0.25, 0.3) is 17.1 Å². The van der Waals surface area contributed by atoms with Crippen molar-refractivity contribution >= 4 is 62.4 Å². The smallest absolute Gasteiger partial charge is 0.290 e. The molecule has 1 heterocycles. The molecule has 1 aliphatic heterocycles. The Morgan fingerprint density at radius 1 is 1.25 bits per heavy atom. The van der Waals surface area contributed by atoms with E-state index < -0.39 is 23.2 Å². The first kappa shape index (κ1) is 20.4. The molecule has 0 spiro atoms. The van der Waals surface area contributed by atoms with Gasteiger partial charge in [-0.05, 0) is 69.2 Å². The number of halogens is 2. The molecule has 3 N–H and O–H groups in total. The van der Waals surface area contributed by atoms with Gasteiger partial charge in [-0.1, -0.05) is 29.8 Å². The van der Waals surface area contributed by atoms with Gasteiger partial charge in [0.05, 0.1) is 9.38 Å². The highest BCUT2D eigenvalue weighted by Gasteiger charge is 2.25. The summed E-state index contributed by atoms with van der Waals surface area (Å²) in [5.74, 6) is -0.590. The molecule has 0 aliphatic carbocycles. The van der Waals surface area contributed by atoms with Crippen molar-refractivity contribution in [3.05, 3.63) is 68.0 Å². The first-order chi connectivity index (χ1) is 13.3. The second-order valence-electron chi connectivity index (χ2n) is 5.88. The van der Waals surface area contributed by atoms with Gasteiger partial charge in [0.2, 0.25) is 0 Å². The van der Waals surface area contributed by atoms with Gasteiger partial charge in [0.15, 0.2) is 6.10 Å². The third-order valence-corrected chi connectivity index (χ3v) is 5.50. The molecule has 1 saturated heterocycles. The molecular weight excluding hydrogens is 468 g/mol. The summed E-state index contributed by atoms with van der Waals surface area (Å²) in [6, 6.07) is 12.2. The van der Waals surface area contributed by atoms with Crippen LogP contribution in [0, 0.1) is 0 Å². The van der Waals surface area contributed by atoms with Crippen LogP contribution in [-0.4, -0.2) is 23.2 Å². The number of primary amides is 1. The molecular formula is C19H14BrClN2O4S. The van der Waals surface area contributed by atoms with E-state index in [9.17, 15) is 14.4 Å². The number of imide groups is 1. The van der Waals surface area contributed by atoms with Crippen molar-refractivity contribution < 1.29 is 19.1 Å². The van der Waals surface area contributed by atoms with Crippen molar-refractivity contribution in [2.45, 2.75) is 12.5 Å². The third-order valence-electron chi connectivity index (χ3n) is 3.82. The maximum Gasteiger partial charge on any atom is 0.290 e. The molecule has 3 rings (SSSR count). The molecule has 1 unspecified atom stereocenters. The fourth-order valence-corrected chi connectivity index (χ4v) is 3.76. The number of thioether (sulfide) groups is 1. The minimum Gasteiger partial charge on any atom is -0.479 e. The highest BCUT2D eigenvalue weighted by Crippen LogP contribution is 2.31. The summed E-state index contributed by atoms with van der Waals surface area (Å²) >= 11 is 10.1. The van der Waals surface area contributed by atoms with Gasteiger partial charge in [-0.2, -0.15) is 0 Å². The average molecular weight is 482 g/mol. The van der Waals surface area contributed by atoms with E-state index in [0.717, 1.165) is 17.3 Å². The molecule has 144 valence electrons. The number of ether oxygens (including phenoxy) is 1. The van der Waals surface area contributed by atoms with E-state index in [-0.39, 0.29) is 0 Å². The van der Waals surface area contributed by atoms with Crippen LogP contribution in [0.5, 0.6) is 5.75 Å². The monoisotopic (exact) mass is 480 g/mol. The molecule has 0 saturated carbocycles. The number of nitrogens with one attached hydrogen (secondary N) is 1. The number of benzene rings is 2. The van der Waals surface area contributed by atoms with Gasteiger partial charge >= 0.3 is 0 Å². The summed E-state index contributed by atoms with van der Waals surface area (Å²) in [6.07, 6.45) is 1.03. The van der Waals surface area contributed by atoms with Crippen molar-refractivity contribution in [1.29, 1.82) is 0 Å². The number of carbonyl (C=O) groups excluding carboxylic acids is 3. The summed E-state index contributed by atoms with van der Waals surface area (Å²) in [7, 11) is 0. The van der Waals surface area contributed by atoms with Gasteiger partial charge < -0.3 is 10.5 Å². The Kier molecular flexibility index (Phi) is 6.43. The van der Waals surface area contributed by atoms with Gasteiger partial charge in [0.1, 0.15) is 5.75 Å². The van der Waals surface area contributed by atoms with E-state index in [1.54, 1.807) is 48.5 Å². The molecule has 2 aromatic rings. The van der Waals surface area contributed by atoms with Crippen LogP contribution in [0.25, 0.3) is 6.08 Å². The van der Waals surface area contributed by atoms with Crippen molar-refractivity contribution in [2.75, 3.05) is 0 Å². The fraction of sp³-hybridized carbons (Fsp3) is 0.105. The molecule has 2 aromatic carbocycles. The fourth-order valence-electron chi connectivity index (χ4n) is 2.46. The zero-order chi connectivity index (χ0) is 20.3. The molecule has 3 amide bonds. The summed E-state index contributed by atoms with van der Waals surface area (Å²) in [4.78, 5) is 35.0. The highest BCUT2D eigenvalue weighted by atomic mass is 79.9. The van der Waals surface area contributed by atoms with Crippen LogP contribution in [0.15, 0.2) is 51.8 Å². The quantitative estimate of drug-likeness (QED) is 0.610. The maximum atomic E-state index is 11.8. The molecule has 1 aliphatic rings. The average Bonchev–Trinajstić information content (AvgIpc) is 2.95. The molecule has 0 bridgehead atoms. The van der Waals surface area contributed by atoms with E-state index in [0.29, 0.717) is 32.1 Å². The molecule has 0 aromatic heterocycles. The number of carbonyl (C=O) groups is 3. The molecule has 1 atom stereocenters. The van der Waals surface area contributed by atoms with Gasteiger partial charge in [0, 0.05) is 11.4 Å². The number of amides is 3. The second-order valence-corrected chi connectivity index (χ2v) is 8.19. The Morgan fingerprint density at radius 2 is 1.96 bits per heavy atom. The van der Waals surface area contributed by atoms with Crippen LogP contribution in [0.3, 0.4) is 0 Å². The predicted molar refractivity (Wildman–Crippen MR) is 112 cm³/mol. The Labute approximate surface area is 178 Å². The van der Waals surface area contributed by atoms with Crippen LogP contribution in [-0.2, 0) is 16.0 Å². The Bertz CT molecular complexity index is 978. The van der Waals surface area contributed by atoms with E-state index in [4.69, 9.17) is 22.1 Å². The third kappa shape index (κ3) is 5.15. The van der Waals surface area contributed by atoms with Crippen molar-refractivity contribution in [3.8, 4) is 5.75 Å². The van der Waals surface area contributed by atoms with E-state index in [1.807, 2.05) is 0 Å². The van der Waals surface area contributed by atoms with Crippen molar-refractivity contribution in [2.24, 2.45) is 5.73 Å². The van der Waals surface area contributed by atoms with Crippen LogP contribution >= 0.6 is 39.3 Å². The minimum atomic E-state index is -0.865. The summed E-state index contributed by atoms with van der Waals surface area (Å²) in [6.45, 7) is 0. The Hall–Kier alpha value is -2.29. The maximum absolute atomic E-state index is 11.8. The van der Waals surface area contributed by atoms with Crippen LogP contribution in [0.4, 0.5) is 4.79 Å². The van der Waals surface area contributed by atoms with Crippen LogP contribution in [0.1, 0.15) is 11.1 Å². The van der Waals surface area contributed by atoms with E-state index in [1.165, 1.54) is 0 Å². The standard InChI is InChI=1S/C19H14BrClN2O4S/c20-13-7-11(9-16-18(25)23-19(26)28-16)3-6-14(13)27-15(17(22)24)8-10-1-4-12(21)5-2-10/h1-7,9,15H,8H2,(H2,22,24)(H,23,25,26)/b16-9+. The zero-order valence-corrected chi connectivity index (χ0v) is 17.4. The minimum absolute atomic E-state index is 0.295. The van der Waals surface area contributed by atoms with Crippen molar-refractivity contribution in [3.63, 3.8) is 0 Å². The predicted octanol–water partition coefficient (Wildman–Crippen LogP) is 3.90. The summed E-state index contributed by atoms with van der Waals surface area (Å²) in [5.41, 5.74) is 7.04. The highest BCUT2D eigenvalue weighted by molar-refractivity contribution is 9.10. The lowest BCUT2D eigenvalue weighted by molar-refractivity contribution is -0.124. The van der Waals surface area contributed by atoms with Gasteiger partial charge in [-0.15, -0.1) is 0 Å². The second kappa shape index (κ2) is 8.81. The van der Waals surface area contributed by atoms with E-state index >= 15 is 0 Å². The number of hydrogen-bond donors (Lipinski definition) is 2. The lowest BCUT2D eigenvalue weighted by atomic mass is 10.1. The lowest BCUT2D eigenvalue weighted by Gasteiger charge is -2.17. The SMILES string of the molecule is NC(=O)C(Cc1ccc(Cl)cc1)Oc1ccc(/C=C2/SC(=O)NC2=O)cc1Br. The van der Waals surface area contributed by atoms with Gasteiger partial charge in [-0.25, -0.2) is 0 Å². The van der Waals surface area contributed by atoms with Crippen LogP contribution < -0.4 is 15.8 Å². The molecule has 6 nitrogen and oxygen atoms in total. The Morgan fingerprint density at radius 3 is 2.54 bits per heavy atom. The first-order valence-corrected chi connectivity index (χ1v) is 10.1. The topological polar surface area (TPSA) is 98.5 Å². The first-order valence-electron chi connectivity index (χ1n) is 8.06. The van der Waals surface area contributed by atoms with Gasteiger partial charge in [-0.3, -0.25) is 19.7 Å². The van der Waals surface area contributed by atoms with Crippen LogP contribution in [0.2, 0.25) is 5.02 Å².